The summed E-state index contributed by atoms with van der Waals surface area (Å²) >= 11 is 5.50. The van der Waals surface area contributed by atoms with Gasteiger partial charge in [0.2, 0.25) is 0 Å². The van der Waals surface area contributed by atoms with Crippen molar-refractivity contribution in [2.75, 3.05) is 0 Å². The first-order chi connectivity index (χ1) is 5.16. The van der Waals surface area contributed by atoms with Crippen LogP contribution in [0.3, 0.4) is 0 Å². The minimum absolute atomic E-state index is 0.741. The number of aryl methyl sites for hydroxylation is 1. The molecule has 0 aliphatic rings. The van der Waals surface area contributed by atoms with Crippen LogP contribution in [0.1, 0.15) is 15.9 Å². The molecule has 0 fully saturated rings. The fourth-order valence-electron chi connectivity index (χ4n) is 0.786. The van der Waals surface area contributed by atoms with E-state index in [2.05, 4.69) is 38.5 Å². The Labute approximate surface area is 87.5 Å². The molecule has 0 bridgehead atoms. The van der Waals surface area contributed by atoms with Crippen LogP contribution in [0.2, 0.25) is 0 Å². The summed E-state index contributed by atoms with van der Waals surface area (Å²) < 4.78 is 1.88. The van der Waals surface area contributed by atoms with Crippen LogP contribution in [-0.4, -0.2) is 6.29 Å². The van der Waals surface area contributed by atoms with Crippen LogP contribution >= 0.6 is 38.5 Å². The van der Waals surface area contributed by atoms with Gasteiger partial charge in [-0.15, -0.1) is 0 Å². The van der Waals surface area contributed by atoms with Gasteiger partial charge in [0.15, 0.2) is 6.29 Å². The molecular weight excluding hydrogens is 319 g/mol. The van der Waals surface area contributed by atoms with Crippen LogP contribution in [-0.2, 0) is 0 Å². The van der Waals surface area contributed by atoms with Gasteiger partial charge in [0.1, 0.15) is 0 Å². The first kappa shape index (κ1) is 9.19. The van der Waals surface area contributed by atoms with E-state index in [1.807, 2.05) is 19.1 Å². The number of benzene rings is 1. The number of hydrogen-bond donors (Lipinski definition) is 0. The second-order valence-corrected chi connectivity index (χ2v) is 4.16. The van der Waals surface area contributed by atoms with Crippen molar-refractivity contribution in [2.45, 2.75) is 6.92 Å². The maximum Gasteiger partial charge on any atom is 0.152 e. The number of halogens is 2. The van der Waals surface area contributed by atoms with Gasteiger partial charge in [-0.05, 0) is 57.1 Å². The smallest absolute Gasteiger partial charge is 0.152 e. The largest absolute Gasteiger partial charge is 0.298 e. The zero-order chi connectivity index (χ0) is 8.43. The van der Waals surface area contributed by atoms with E-state index in [0.29, 0.717) is 0 Å². The molecule has 3 heteroatoms. The predicted molar refractivity (Wildman–Crippen MR) is 57.0 cm³/mol. The fraction of sp³-hybridized carbons (Fsp3) is 0.125. The van der Waals surface area contributed by atoms with Gasteiger partial charge in [0, 0.05) is 13.6 Å². The van der Waals surface area contributed by atoms with E-state index in [4.69, 9.17) is 0 Å². The summed E-state index contributed by atoms with van der Waals surface area (Å²) in [6, 6.07) is 3.92. The molecule has 0 unspecified atom stereocenters. The lowest BCUT2D eigenvalue weighted by Gasteiger charge is -2.02. The highest BCUT2D eigenvalue weighted by Gasteiger charge is 2.04. The highest BCUT2D eigenvalue weighted by molar-refractivity contribution is 14.1. The molecule has 0 aliphatic carbocycles. The zero-order valence-corrected chi connectivity index (χ0v) is 9.64. The van der Waals surface area contributed by atoms with E-state index in [-0.39, 0.29) is 0 Å². The van der Waals surface area contributed by atoms with Crippen molar-refractivity contribution in [3.63, 3.8) is 0 Å². The third kappa shape index (κ3) is 1.82. The lowest BCUT2D eigenvalue weighted by atomic mass is 10.2. The Kier molecular flexibility index (Phi) is 3.06. The summed E-state index contributed by atoms with van der Waals surface area (Å²) in [5.74, 6) is 0. The summed E-state index contributed by atoms with van der Waals surface area (Å²) in [5, 5.41) is 0. The Hall–Kier alpha value is 0.1000. The van der Waals surface area contributed by atoms with Gasteiger partial charge >= 0.3 is 0 Å². The van der Waals surface area contributed by atoms with Gasteiger partial charge in [-0.2, -0.15) is 0 Å². The quantitative estimate of drug-likeness (QED) is 0.573. The Morgan fingerprint density at radius 2 is 2.18 bits per heavy atom. The second kappa shape index (κ2) is 3.67. The van der Waals surface area contributed by atoms with Crippen LogP contribution in [0, 0.1) is 10.5 Å². The maximum absolute atomic E-state index is 10.6. The second-order valence-electron chi connectivity index (χ2n) is 2.21. The molecule has 1 nitrogen and oxygen atoms in total. The average Bonchev–Trinajstić information content (AvgIpc) is 1.99. The van der Waals surface area contributed by atoms with Crippen LogP contribution in [0.25, 0.3) is 0 Å². The van der Waals surface area contributed by atoms with Crippen LogP contribution in [0.15, 0.2) is 16.6 Å². The summed E-state index contributed by atoms with van der Waals surface area (Å²) in [7, 11) is 0. The van der Waals surface area contributed by atoms with E-state index in [0.717, 1.165) is 25.5 Å². The van der Waals surface area contributed by atoms with Crippen molar-refractivity contribution >= 4 is 44.8 Å². The van der Waals surface area contributed by atoms with Crippen molar-refractivity contribution in [3.8, 4) is 0 Å². The minimum atomic E-state index is 0.741. The fourth-order valence-corrected chi connectivity index (χ4v) is 2.17. The Balaban J connectivity index is 3.40. The standard InChI is InChI=1S/C8H6BrIO/c1-5-2-3-7(10)6(4-11)8(5)9/h2-4H,1H3. The first-order valence-corrected chi connectivity index (χ1v) is 4.93. The molecule has 0 saturated carbocycles. The number of rotatable bonds is 1. The van der Waals surface area contributed by atoms with Crippen LogP contribution in [0.4, 0.5) is 0 Å². The van der Waals surface area contributed by atoms with E-state index in [1.54, 1.807) is 0 Å². The summed E-state index contributed by atoms with van der Waals surface area (Å²) in [5.41, 5.74) is 1.83. The predicted octanol–water partition coefficient (Wildman–Crippen LogP) is 3.17. The van der Waals surface area contributed by atoms with Gasteiger partial charge in [-0.3, -0.25) is 4.79 Å². The minimum Gasteiger partial charge on any atom is -0.298 e. The normalized spacial score (nSPS) is 9.73. The van der Waals surface area contributed by atoms with Crippen LogP contribution < -0.4 is 0 Å². The molecule has 1 aromatic rings. The first-order valence-electron chi connectivity index (χ1n) is 3.06. The molecule has 0 amide bonds. The molecule has 0 aromatic heterocycles. The zero-order valence-electron chi connectivity index (χ0n) is 5.90. The van der Waals surface area contributed by atoms with Gasteiger partial charge in [0.05, 0.1) is 0 Å². The molecule has 58 valence electrons. The van der Waals surface area contributed by atoms with Crippen molar-refractivity contribution in [2.24, 2.45) is 0 Å². The molecule has 0 saturated heterocycles. The molecule has 0 spiro atoms. The van der Waals surface area contributed by atoms with Crippen molar-refractivity contribution in [1.29, 1.82) is 0 Å². The van der Waals surface area contributed by atoms with E-state index >= 15 is 0 Å². The van der Waals surface area contributed by atoms with Gasteiger partial charge < -0.3 is 0 Å². The van der Waals surface area contributed by atoms with E-state index in [9.17, 15) is 4.79 Å². The lowest BCUT2D eigenvalue weighted by molar-refractivity contribution is 0.112. The molecular formula is C8H6BrIO. The van der Waals surface area contributed by atoms with E-state index < -0.39 is 0 Å². The number of aldehydes is 1. The molecule has 0 heterocycles. The third-order valence-electron chi connectivity index (χ3n) is 1.44. The molecule has 0 radical (unpaired) electrons. The topological polar surface area (TPSA) is 17.1 Å². The molecule has 0 N–H and O–H groups in total. The monoisotopic (exact) mass is 324 g/mol. The highest BCUT2D eigenvalue weighted by atomic mass is 127. The maximum atomic E-state index is 10.6. The van der Waals surface area contributed by atoms with Crippen molar-refractivity contribution in [3.05, 3.63) is 31.3 Å². The SMILES string of the molecule is Cc1ccc(I)c(C=O)c1Br. The molecule has 11 heavy (non-hydrogen) atoms. The third-order valence-corrected chi connectivity index (χ3v) is 3.43. The average molecular weight is 325 g/mol. The number of carbonyl (C=O) groups is 1. The summed E-state index contributed by atoms with van der Waals surface area (Å²) in [6.07, 6.45) is 0.874. The molecule has 0 atom stereocenters. The molecule has 1 aromatic carbocycles. The van der Waals surface area contributed by atoms with Gasteiger partial charge in [0.25, 0.3) is 0 Å². The molecule has 0 aliphatic heterocycles. The van der Waals surface area contributed by atoms with Gasteiger partial charge in [-0.1, -0.05) is 6.07 Å². The van der Waals surface area contributed by atoms with E-state index in [1.165, 1.54) is 0 Å². The summed E-state index contributed by atoms with van der Waals surface area (Å²) in [6.45, 7) is 1.97. The Bertz CT molecular complexity index is 296. The van der Waals surface area contributed by atoms with Crippen LogP contribution in [0.5, 0.6) is 0 Å². The number of hydrogen-bond acceptors (Lipinski definition) is 1. The van der Waals surface area contributed by atoms with Gasteiger partial charge in [-0.25, -0.2) is 0 Å². The van der Waals surface area contributed by atoms with Crippen molar-refractivity contribution < 1.29 is 4.79 Å². The Morgan fingerprint density at radius 3 is 2.64 bits per heavy atom. The molecule has 1 rings (SSSR count). The highest BCUT2D eigenvalue weighted by Crippen LogP contribution is 2.24. The van der Waals surface area contributed by atoms with Crippen molar-refractivity contribution in [1.82, 2.24) is 0 Å². The Morgan fingerprint density at radius 1 is 1.55 bits per heavy atom. The number of carbonyl (C=O) groups excluding carboxylic acids is 1. The lowest BCUT2D eigenvalue weighted by Crippen LogP contribution is -1.89. The summed E-state index contributed by atoms with van der Waals surface area (Å²) in [4.78, 5) is 10.6.